The molecule has 140 valence electrons. The molecule has 0 spiro atoms. The molecule has 0 aliphatic heterocycles. The van der Waals surface area contributed by atoms with E-state index in [0.29, 0.717) is 16.6 Å². The zero-order valence-electron chi connectivity index (χ0n) is 15.3. The first kappa shape index (κ1) is 20.8. The van der Waals surface area contributed by atoms with E-state index in [1.165, 1.54) is 5.56 Å². The summed E-state index contributed by atoms with van der Waals surface area (Å²) in [7, 11) is 1.68. The van der Waals surface area contributed by atoms with Crippen LogP contribution in [0.2, 0.25) is 10.0 Å². The van der Waals surface area contributed by atoms with E-state index in [1.54, 1.807) is 13.2 Å². The van der Waals surface area contributed by atoms with Crippen LogP contribution in [0.15, 0.2) is 42.5 Å². The Hall–Kier alpha value is -1.49. The Balaban J connectivity index is 1.94. The van der Waals surface area contributed by atoms with Crippen molar-refractivity contribution in [2.45, 2.75) is 32.9 Å². The molecule has 0 aliphatic carbocycles. The topological polar surface area (TPSA) is 24.5 Å². The Kier molecular flexibility index (Phi) is 8.01. The monoisotopic (exact) mass is 410 g/mol. The lowest BCUT2D eigenvalue weighted by molar-refractivity contribution is 0.337. The number of likely N-dealkylation sites (N-methyl/N-ethyl adjacent to an activating group) is 1. The molecule has 0 bridgehead atoms. The van der Waals surface area contributed by atoms with Gasteiger partial charge in [-0.25, -0.2) is 0 Å². The second-order valence-electron chi connectivity index (χ2n) is 6.09. The van der Waals surface area contributed by atoms with Gasteiger partial charge in [0, 0.05) is 19.1 Å². The lowest BCUT2D eigenvalue weighted by Gasteiger charge is -2.31. The average Bonchev–Trinajstić information content (AvgIpc) is 2.64. The summed E-state index contributed by atoms with van der Waals surface area (Å²) in [6, 6.07) is 14.0. The Morgan fingerprint density at radius 1 is 1.12 bits per heavy atom. The summed E-state index contributed by atoms with van der Waals surface area (Å²) in [5.74, 6) is 0.868. The molecule has 6 heteroatoms. The van der Waals surface area contributed by atoms with Gasteiger partial charge in [0.2, 0.25) is 0 Å². The molecule has 0 fully saturated rings. The van der Waals surface area contributed by atoms with Gasteiger partial charge in [0.05, 0.1) is 17.2 Å². The van der Waals surface area contributed by atoms with Gasteiger partial charge in [-0.15, -0.1) is 0 Å². The van der Waals surface area contributed by atoms with Crippen LogP contribution in [-0.4, -0.2) is 29.7 Å². The molecule has 1 N–H and O–H groups in total. The van der Waals surface area contributed by atoms with E-state index in [2.05, 4.69) is 36.2 Å². The lowest BCUT2D eigenvalue weighted by atomic mass is 10.1. The number of methoxy groups -OCH3 is 1. The smallest absolute Gasteiger partial charge is 0.169 e. The van der Waals surface area contributed by atoms with Gasteiger partial charge >= 0.3 is 0 Å². The van der Waals surface area contributed by atoms with Crippen LogP contribution in [0, 0.1) is 0 Å². The van der Waals surface area contributed by atoms with Crippen molar-refractivity contribution in [2.24, 2.45) is 0 Å². The van der Waals surface area contributed by atoms with Crippen molar-refractivity contribution in [3.63, 3.8) is 0 Å². The molecule has 26 heavy (non-hydrogen) atoms. The number of nitrogens with one attached hydrogen (secondary N) is 1. The minimum atomic E-state index is 0.280. The minimum absolute atomic E-state index is 0.280. The SMILES string of the molecule is CCN(C(=S)NCc1ccc(Cl)c(Cl)c1)C(C)Cc1ccc(OC)cc1. The highest BCUT2D eigenvalue weighted by Gasteiger charge is 2.16. The molecule has 0 saturated carbocycles. The van der Waals surface area contributed by atoms with E-state index in [1.807, 2.05) is 24.3 Å². The fourth-order valence-electron chi connectivity index (χ4n) is 2.80. The summed E-state index contributed by atoms with van der Waals surface area (Å²) >= 11 is 17.6. The van der Waals surface area contributed by atoms with Crippen LogP contribution < -0.4 is 10.1 Å². The van der Waals surface area contributed by atoms with Gasteiger partial charge in [0.1, 0.15) is 5.75 Å². The Labute approximate surface area is 171 Å². The quantitative estimate of drug-likeness (QED) is 0.623. The summed E-state index contributed by atoms with van der Waals surface area (Å²) in [5, 5.41) is 5.16. The van der Waals surface area contributed by atoms with Crippen LogP contribution in [0.3, 0.4) is 0 Å². The third-order valence-corrected chi connectivity index (χ3v) is 5.37. The highest BCUT2D eigenvalue weighted by Crippen LogP contribution is 2.22. The molecule has 0 radical (unpaired) electrons. The summed E-state index contributed by atoms with van der Waals surface area (Å²) in [6.45, 7) is 5.74. The number of benzene rings is 2. The first-order valence-corrected chi connectivity index (χ1v) is 9.72. The predicted molar refractivity (Wildman–Crippen MR) is 114 cm³/mol. The molecule has 0 saturated heterocycles. The molecular formula is C20H24Cl2N2OS. The third kappa shape index (κ3) is 5.76. The number of hydrogen-bond acceptors (Lipinski definition) is 2. The fourth-order valence-corrected chi connectivity index (χ4v) is 3.50. The van der Waals surface area contributed by atoms with E-state index in [-0.39, 0.29) is 6.04 Å². The molecule has 3 nitrogen and oxygen atoms in total. The molecule has 0 amide bonds. The van der Waals surface area contributed by atoms with Gasteiger partial charge in [0.25, 0.3) is 0 Å². The number of rotatable bonds is 7. The van der Waals surface area contributed by atoms with Crippen LogP contribution in [0.4, 0.5) is 0 Å². The minimum Gasteiger partial charge on any atom is -0.497 e. The molecule has 1 atom stereocenters. The van der Waals surface area contributed by atoms with Gasteiger partial charge < -0.3 is 15.0 Å². The molecule has 0 aromatic heterocycles. The van der Waals surface area contributed by atoms with Crippen molar-refractivity contribution in [1.82, 2.24) is 10.2 Å². The van der Waals surface area contributed by atoms with Crippen molar-refractivity contribution in [3.8, 4) is 5.75 Å². The van der Waals surface area contributed by atoms with Crippen molar-refractivity contribution in [3.05, 3.63) is 63.6 Å². The maximum Gasteiger partial charge on any atom is 0.169 e. The molecule has 2 rings (SSSR count). The van der Waals surface area contributed by atoms with Crippen LogP contribution in [0.1, 0.15) is 25.0 Å². The number of thiocarbonyl (C=S) groups is 1. The van der Waals surface area contributed by atoms with Gasteiger partial charge in [0.15, 0.2) is 5.11 Å². The number of ether oxygens (including phenoxy) is 1. The molecule has 1 unspecified atom stereocenters. The molecule has 0 aliphatic rings. The zero-order valence-corrected chi connectivity index (χ0v) is 17.6. The van der Waals surface area contributed by atoms with Crippen molar-refractivity contribution in [1.29, 1.82) is 0 Å². The molecule has 0 heterocycles. The Morgan fingerprint density at radius 2 is 1.77 bits per heavy atom. The van der Waals surface area contributed by atoms with Crippen molar-refractivity contribution >= 4 is 40.5 Å². The van der Waals surface area contributed by atoms with Crippen LogP contribution in [0.25, 0.3) is 0 Å². The molecule has 2 aromatic carbocycles. The standard InChI is InChI=1S/C20H24Cl2N2OS/c1-4-24(14(2)11-15-5-8-17(25-3)9-6-15)20(26)23-13-16-7-10-18(21)19(22)12-16/h5-10,12,14H,4,11,13H2,1-3H3,(H,23,26). The number of halogens is 2. The number of nitrogens with zero attached hydrogens (tertiary/aromatic N) is 1. The summed E-state index contributed by atoms with van der Waals surface area (Å²) in [5.41, 5.74) is 2.30. The summed E-state index contributed by atoms with van der Waals surface area (Å²) < 4.78 is 5.21. The van der Waals surface area contributed by atoms with E-state index in [9.17, 15) is 0 Å². The summed E-state index contributed by atoms with van der Waals surface area (Å²) in [4.78, 5) is 2.19. The average molecular weight is 411 g/mol. The van der Waals surface area contributed by atoms with E-state index >= 15 is 0 Å². The van der Waals surface area contributed by atoms with Crippen LogP contribution in [0.5, 0.6) is 5.75 Å². The predicted octanol–water partition coefficient (Wildman–Crippen LogP) is 5.33. The Morgan fingerprint density at radius 3 is 2.35 bits per heavy atom. The maximum absolute atomic E-state index is 6.07. The first-order chi connectivity index (χ1) is 12.4. The van der Waals surface area contributed by atoms with E-state index in [4.69, 9.17) is 40.2 Å². The highest BCUT2D eigenvalue weighted by atomic mass is 35.5. The lowest BCUT2D eigenvalue weighted by Crippen LogP contribution is -2.45. The second-order valence-corrected chi connectivity index (χ2v) is 7.30. The normalized spacial score (nSPS) is 11.7. The fraction of sp³-hybridized carbons (Fsp3) is 0.350. The Bertz CT molecular complexity index is 737. The largest absolute Gasteiger partial charge is 0.497 e. The summed E-state index contributed by atoms with van der Waals surface area (Å²) in [6.07, 6.45) is 0.909. The van der Waals surface area contributed by atoms with Gasteiger partial charge in [-0.2, -0.15) is 0 Å². The van der Waals surface area contributed by atoms with Gasteiger partial charge in [-0.3, -0.25) is 0 Å². The van der Waals surface area contributed by atoms with Gasteiger partial charge in [-0.1, -0.05) is 41.4 Å². The molecular weight excluding hydrogens is 387 g/mol. The van der Waals surface area contributed by atoms with Crippen LogP contribution >= 0.6 is 35.4 Å². The van der Waals surface area contributed by atoms with Gasteiger partial charge in [-0.05, 0) is 67.9 Å². The van der Waals surface area contributed by atoms with E-state index in [0.717, 1.165) is 29.4 Å². The maximum atomic E-state index is 6.07. The highest BCUT2D eigenvalue weighted by molar-refractivity contribution is 7.80. The molecule has 2 aromatic rings. The number of hydrogen-bond donors (Lipinski definition) is 1. The van der Waals surface area contributed by atoms with E-state index < -0.39 is 0 Å². The van der Waals surface area contributed by atoms with Crippen LogP contribution in [-0.2, 0) is 13.0 Å². The third-order valence-electron chi connectivity index (χ3n) is 4.25. The first-order valence-electron chi connectivity index (χ1n) is 8.56. The second kappa shape index (κ2) is 10.0. The van der Waals surface area contributed by atoms with Crippen molar-refractivity contribution < 1.29 is 4.74 Å². The zero-order chi connectivity index (χ0) is 19.1. The van der Waals surface area contributed by atoms with Crippen molar-refractivity contribution in [2.75, 3.05) is 13.7 Å².